The van der Waals surface area contributed by atoms with Gasteiger partial charge in [-0.15, -0.1) is 0 Å². The van der Waals surface area contributed by atoms with Crippen molar-refractivity contribution in [2.45, 2.75) is 38.2 Å². The summed E-state index contributed by atoms with van der Waals surface area (Å²) < 4.78 is 5.59. The molecular formula is C23H28N2O4. The summed E-state index contributed by atoms with van der Waals surface area (Å²) in [6, 6.07) is 15.8. The lowest BCUT2D eigenvalue weighted by atomic mass is 9.99. The van der Waals surface area contributed by atoms with Crippen molar-refractivity contribution >= 4 is 17.7 Å². The van der Waals surface area contributed by atoms with Gasteiger partial charge in [-0.3, -0.25) is 10.1 Å². The minimum Gasteiger partial charge on any atom is -0.481 e. The molecule has 6 nitrogen and oxygen atoms in total. The second-order valence-electron chi connectivity index (χ2n) is 7.52. The van der Waals surface area contributed by atoms with Crippen LogP contribution in [0, 0.1) is 0 Å². The molecule has 1 saturated heterocycles. The number of rotatable bonds is 7. The van der Waals surface area contributed by atoms with Crippen molar-refractivity contribution in [1.82, 2.24) is 4.90 Å². The van der Waals surface area contributed by atoms with E-state index in [4.69, 9.17) is 9.84 Å². The molecule has 1 amide bonds. The number of nitrogens with one attached hydrogen (secondary N) is 1. The topological polar surface area (TPSA) is 78.9 Å². The fourth-order valence-electron chi connectivity index (χ4n) is 3.56. The monoisotopic (exact) mass is 396 g/mol. The number of aliphatic carboxylic acids is 1. The highest BCUT2D eigenvalue weighted by Crippen LogP contribution is 2.27. The third kappa shape index (κ3) is 6.32. The second kappa shape index (κ2) is 10.1. The predicted octanol–water partition coefficient (Wildman–Crippen LogP) is 4.40. The van der Waals surface area contributed by atoms with Gasteiger partial charge in [-0.1, -0.05) is 36.4 Å². The van der Waals surface area contributed by atoms with Gasteiger partial charge in [0.15, 0.2) is 0 Å². The number of carbonyl (C=O) groups excluding carboxylic acids is 1. The number of carbonyl (C=O) groups is 2. The van der Waals surface area contributed by atoms with Crippen molar-refractivity contribution in [3.05, 3.63) is 54.1 Å². The van der Waals surface area contributed by atoms with E-state index < -0.39 is 12.1 Å². The van der Waals surface area contributed by atoms with Crippen LogP contribution in [0.5, 0.6) is 0 Å². The van der Waals surface area contributed by atoms with Crippen LogP contribution in [0.4, 0.5) is 10.5 Å². The predicted molar refractivity (Wildman–Crippen MR) is 113 cm³/mol. The zero-order chi connectivity index (χ0) is 20.6. The smallest absolute Gasteiger partial charge is 0.411 e. The van der Waals surface area contributed by atoms with Gasteiger partial charge in [-0.2, -0.15) is 0 Å². The highest BCUT2D eigenvalue weighted by molar-refractivity contribution is 5.86. The van der Waals surface area contributed by atoms with E-state index in [1.165, 1.54) is 0 Å². The van der Waals surface area contributed by atoms with Gasteiger partial charge in [0.25, 0.3) is 0 Å². The number of benzene rings is 2. The van der Waals surface area contributed by atoms with E-state index in [0.717, 1.165) is 42.6 Å². The Balaban J connectivity index is 1.71. The van der Waals surface area contributed by atoms with Crippen LogP contribution in [0.25, 0.3) is 11.1 Å². The molecular weight excluding hydrogens is 368 g/mol. The van der Waals surface area contributed by atoms with Crippen molar-refractivity contribution in [2.75, 3.05) is 25.5 Å². The summed E-state index contributed by atoms with van der Waals surface area (Å²) in [6.45, 7) is 1.84. The van der Waals surface area contributed by atoms with Crippen LogP contribution in [-0.2, 0) is 16.0 Å². The number of aryl methyl sites for hydroxylation is 1. The zero-order valence-electron chi connectivity index (χ0n) is 16.8. The van der Waals surface area contributed by atoms with E-state index >= 15 is 0 Å². The first kappa shape index (κ1) is 20.9. The van der Waals surface area contributed by atoms with E-state index in [2.05, 4.69) is 17.3 Å². The van der Waals surface area contributed by atoms with Gasteiger partial charge in [0, 0.05) is 25.2 Å². The summed E-state index contributed by atoms with van der Waals surface area (Å²) in [5.74, 6) is -0.819. The van der Waals surface area contributed by atoms with Gasteiger partial charge < -0.3 is 14.7 Å². The van der Waals surface area contributed by atoms with Crippen LogP contribution < -0.4 is 5.32 Å². The van der Waals surface area contributed by atoms with Crippen LogP contribution in [0.3, 0.4) is 0 Å². The lowest BCUT2D eigenvalue weighted by molar-refractivity contribution is -0.137. The van der Waals surface area contributed by atoms with E-state index in [0.29, 0.717) is 18.5 Å². The number of hydrogen-bond acceptors (Lipinski definition) is 4. The number of anilines is 1. The van der Waals surface area contributed by atoms with Gasteiger partial charge in [0.2, 0.25) is 0 Å². The van der Waals surface area contributed by atoms with E-state index in [9.17, 15) is 9.59 Å². The Morgan fingerprint density at radius 2 is 1.83 bits per heavy atom. The number of carboxylic acid groups (broad SMARTS) is 1. The maximum Gasteiger partial charge on any atom is 0.411 e. The van der Waals surface area contributed by atoms with Crippen LogP contribution in [0.2, 0.25) is 0 Å². The molecule has 0 bridgehead atoms. The highest BCUT2D eigenvalue weighted by Gasteiger charge is 2.21. The number of ether oxygens (including phenoxy) is 1. The molecule has 0 unspecified atom stereocenters. The molecule has 1 aliphatic rings. The molecule has 1 heterocycles. The van der Waals surface area contributed by atoms with Gasteiger partial charge in [0.1, 0.15) is 6.10 Å². The highest BCUT2D eigenvalue weighted by atomic mass is 16.6. The third-order valence-electron chi connectivity index (χ3n) is 5.23. The number of carboxylic acids is 1. The summed E-state index contributed by atoms with van der Waals surface area (Å²) in [5.41, 5.74) is 3.69. The zero-order valence-corrected chi connectivity index (χ0v) is 16.8. The maximum absolute atomic E-state index is 12.4. The molecule has 0 radical (unpaired) electrons. The molecule has 0 aliphatic carbocycles. The fraction of sp³-hybridized carbons (Fsp3) is 0.391. The van der Waals surface area contributed by atoms with Crippen LogP contribution in [0.15, 0.2) is 48.5 Å². The summed E-state index contributed by atoms with van der Waals surface area (Å²) in [5, 5.41) is 11.8. The van der Waals surface area contributed by atoms with Crippen molar-refractivity contribution in [1.29, 1.82) is 0 Å². The summed E-state index contributed by atoms with van der Waals surface area (Å²) in [4.78, 5) is 25.5. The molecule has 154 valence electrons. The molecule has 1 fully saturated rings. The Hall–Kier alpha value is -2.86. The summed E-state index contributed by atoms with van der Waals surface area (Å²) in [7, 11) is 2.06. The first-order valence-corrected chi connectivity index (χ1v) is 10.1. The van der Waals surface area contributed by atoms with E-state index in [1.807, 2.05) is 48.5 Å². The van der Waals surface area contributed by atoms with Crippen molar-refractivity contribution < 1.29 is 19.4 Å². The van der Waals surface area contributed by atoms with Crippen molar-refractivity contribution in [3.8, 4) is 11.1 Å². The minimum absolute atomic E-state index is 0.0646. The number of nitrogens with zero attached hydrogens (tertiary/aromatic N) is 1. The minimum atomic E-state index is -0.819. The van der Waals surface area contributed by atoms with Gasteiger partial charge in [-0.05, 0) is 61.6 Å². The van der Waals surface area contributed by atoms with E-state index in [1.54, 1.807) is 0 Å². The normalized spacial score (nSPS) is 15.1. The number of likely N-dealkylation sites (tertiary alicyclic amines) is 1. The molecule has 0 aromatic heterocycles. The molecule has 0 saturated carbocycles. The maximum atomic E-state index is 12.4. The van der Waals surface area contributed by atoms with Crippen molar-refractivity contribution in [2.24, 2.45) is 0 Å². The number of amides is 1. The SMILES string of the molecule is CN1CCC(OC(=O)Nc2ccc(-c3ccccc3)cc2CCCC(=O)O)CC1. The third-order valence-corrected chi connectivity index (χ3v) is 5.23. The lowest BCUT2D eigenvalue weighted by Gasteiger charge is -2.28. The largest absolute Gasteiger partial charge is 0.481 e. The fourth-order valence-corrected chi connectivity index (χ4v) is 3.56. The molecule has 1 aliphatic heterocycles. The molecule has 2 aromatic carbocycles. The standard InChI is InChI=1S/C23H28N2O4/c1-25-14-12-20(13-15-25)29-23(28)24-21-11-10-18(17-6-3-2-4-7-17)16-19(21)8-5-9-22(26)27/h2-4,6-7,10-11,16,20H,5,8-9,12-15H2,1H3,(H,24,28)(H,26,27). The molecule has 6 heteroatoms. The molecule has 0 spiro atoms. The average molecular weight is 396 g/mol. The van der Waals surface area contributed by atoms with Crippen LogP contribution in [0.1, 0.15) is 31.2 Å². The van der Waals surface area contributed by atoms with Crippen molar-refractivity contribution in [3.63, 3.8) is 0 Å². The first-order valence-electron chi connectivity index (χ1n) is 10.1. The van der Waals surface area contributed by atoms with Gasteiger partial charge in [0.05, 0.1) is 0 Å². The number of hydrogen-bond donors (Lipinski definition) is 2. The van der Waals surface area contributed by atoms with Gasteiger partial charge >= 0.3 is 12.1 Å². The lowest BCUT2D eigenvalue weighted by Crippen LogP contribution is -2.36. The molecule has 2 aromatic rings. The van der Waals surface area contributed by atoms with Crippen LogP contribution in [-0.4, -0.2) is 48.3 Å². The van der Waals surface area contributed by atoms with Gasteiger partial charge in [-0.25, -0.2) is 4.79 Å². The molecule has 0 atom stereocenters. The molecule has 2 N–H and O–H groups in total. The summed E-state index contributed by atoms with van der Waals surface area (Å²) in [6.07, 6.45) is 2.32. The Morgan fingerprint density at radius 1 is 1.10 bits per heavy atom. The molecule has 29 heavy (non-hydrogen) atoms. The van der Waals surface area contributed by atoms with E-state index in [-0.39, 0.29) is 12.5 Å². The number of piperidine rings is 1. The Bertz CT molecular complexity index is 830. The quantitative estimate of drug-likeness (QED) is 0.725. The Morgan fingerprint density at radius 3 is 2.52 bits per heavy atom. The second-order valence-corrected chi connectivity index (χ2v) is 7.52. The Labute approximate surface area is 171 Å². The summed E-state index contributed by atoms with van der Waals surface area (Å²) >= 11 is 0. The molecule has 3 rings (SSSR count). The van der Waals surface area contributed by atoms with Crippen LogP contribution >= 0.6 is 0 Å². The average Bonchev–Trinajstić information content (AvgIpc) is 2.71. The first-order chi connectivity index (χ1) is 14.0. The Kier molecular flexibility index (Phi) is 7.25.